The molecular weight excluding hydrogens is 311 g/mol. The van der Waals surface area contributed by atoms with Crippen molar-refractivity contribution in [3.8, 4) is 0 Å². The first-order chi connectivity index (χ1) is 11.4. The molecule has 1 heterocycles. The highest BCUT2D eigenvalue weighted by molar-refractivity contribution is 6.56. The van der Waals surface area contributed by atoms with Gasteiger partial charge in [0.25, 0.3) is 0 Å². The summed E-state index contributed by atoms with van der Waals surface area (Å²) in [5, 5.41) is 3.21. The van der Waals surface area contributed by atoms with Gasteiger partial charge in [0.05, 0.1) is 11.2 Å². The van der Waals surface area contributed by atoms with Crippen molar-refractivity contribution < 1.29 is 9.31 Å². The van der Waals surface area contributed by atoms with Crippen LogP contribution >= 0.6 is 0 Å². The third-order valence-electron chi connectivity index (χ3n) is 5.23. The zero-order valence-corrected chi connectivity index (χ0v) is 17.0. The van der Waals surface area contributed by atoms with Crippen molar-refractivity contribution in [1.29, 1.82) is 0 Å². The van der Waals surface area contributed by atoms with Crippen LogP contribution in [0.3, 0.4) is 0 Å². The van der Waals surface area contributed by atoms with E-state index < -0.39 is 0 Å². The number of hydrogen-bond donors (Lipinski definition) is 2. The zero-order valence-electron chi connectivity index (χ0n) is 17.0. The number of likely N-dealkylation sites (N-methyl/N-ethyl adjacent to an activating group) is 1. The van der Waals surface area contributed by atoms with E-state index >= 15 is 0 Å². The second kappa shape index (κ2) is 6.78. The SMILES string of the molecule is CNCC(=Cc1cc(C(C)(C)C)ccc1N)B1OC(C)(C)C(C)(C)O1. The van der Waals surface area contributed by atoms with E-state index in [-0.39, 0.29) is 23.7 Å². The van der Waals surface area contributed by atoms with Gasteiger partial charge in [-0.15, -0.1) is 0 Å². The van der Waals surface area contributed by atoms with E-state index in [9.17, 15) is 0 Å². The monoisotopic (exact) mass is 344 g/mol. The summed E-state index contributed by atoms with van der Waals surface area (Å²) in [7, 11) is 1.55. The van der Waals surface area contributed by atoms with Gasteiger partial charge in [-0.25, -0.2) is 0 Å². The topological polar surface area (TPSA) is 56.5 Å². The lowest BCUT2D eigenvalue weighted by Gasteiger charge is -2.32. The molecule has 1 fully saturated rings. The van der Waals surface area contributed by atoms with Gasteiger partial charge in [-0.05, 0) is 68.9 Å². The smallest absolute Gasteiger partial charge is 0.400 e. The average molecular weight is 344 g/mol. The van der Waals surface area contributed by atoms with E-state index in [1.807, 2.05) is 13.1 Å². The Morgan fingerprint density at radius 1 is 1.16 bits per heavy atom. The van der Waals surface area contributed by atoms with Crippen molar-refractivity contribution in [1.82, 2.24) is 5.32 Å². The summed E-state index contributed by atoms with van der Waals surface area (Å²) in [6.45, 7) is 15.6. The minimum atomic E-state index is -0.379. The molecule has 3 N–H and O–H groups in total. The van der Waals surface area contributed by atoms with Crippen molar-refractivity contribution in [2.75, 3.05) is 19.3 Å². The van der Waals surface area contributed by atoms with E-state index in [2.05, 4.69) is 72.0 Å². The predicted molar refractivity (Wildman–Crippen MR) is 108 cm³/mol. The van der Waals surface area contributed by atoms with Crippen molar-refractivity contribution in [3.05, 3.63) is 34.8 Å². The van der Waals surface area contributed by atoms with Gasteiger partial charge in [0.2, 0.25) is 0 Å². The first kappa shape index (κ1) is 20.0. The summed E-state index contributed by atoms with van der Waals surface area (Å²) in [6.07, 6.45) is 2.10. The normalized spacial score (nSPS) is 20.2. The quantitative estimate of drug-likeness (QED) is 0.644. The third kappa shape index (κ3) is 4.28. The van der Waals surface area contributed by atoms with Crippen LogP contribution in [-0.2, 0) is 14.7 Å². The molecule has 0 radical (unpaired) electrons. The number of rotatable bonds is 4. The molecule has 1 aliphatic heterocycles. The van der Waals surface area contributed by atoms with Gasteiger partial charge < -0.3 is 20.4 Å². The number of hydrogen-bond acceptors (Lipinski definition) is 4. The van der Waals surface area contributed by atoms with E-state index in [1.54, 1.807) is 0 Å². The molecule has 1 aliphatic rings. The Labute approximate surface area is 153 Å². The summed E-state index contributed by atoms with van der Waals surface area (Å²) in [5.74, 6) is 0. The van der Waals surface area contributed by atoms with Crippen LogP contribution in [-0.4, -0.2) is 31.9 Å². The lowest BCUT2D eigenvalue weighted by molar-refractivity contribution is 0.00578. The van der Waals surface area contributed by atoms with Crippen molar-refractivity contribution in [2.45, 2.75) is 65.1 Å². The van der Waals surface area contributed by atoms with Crippen LogP contribution in [0.5, 0.6) is 0 Å². The molecule has 138 valence electrons. The van der Waals surface area contributed by atoms with E-state index in [0.29, 0.717) is 6.54 Å². The van der Waals surface area contributed by atoms with E-state index in [0.717, 1.165) is 16.7 Å². The molecule has 5 heteroatoms. The van der Waals surface area contributed by atoms with Crippen LogP contribution in [0, 0.1) is 0 Å². The van der Waals surface area contributed by atoms with E-state index in [4.69, 9.17) is 15.0 Å². The molecule has 2 rings (SSSR count). The Kier molecular flexibility index (Phi) is 5.43. The van der Waals surface area contributed by atoms with Crippen molar-refractivity contribution >= 4 is 18.9 Å². The molecule has 1 aromatic carbocycles. The maximum atomic E-state index is 6.24. The zero-order chi connectivity index (χ0) is 19.0. The van der Waals surface area contributed by atoms with Crippen molar-refractivity contribution in [2.24, 2.45) is 0 Å². The number of nitrogens with one attached hydrogen (secondary N) is 1. The minimum Gasteiger partial charge on any atom is -0.400 e. The Morgan fingerprint density at radius 3 is 2.20 bits per heavy atom. The molecular formula is C20H33BN2O2. The molecule has 1 saturated heterocycles. The number of benzene rings is 1. The van der Waals surface area contributed by atoms with Crippen molar-refractivity contribution in [3.63, 3.8) is 0 Å². The molecule has 25 heavy (non-hydrogen) atoms. The van der Waals surface area contributed by atoms with Gasteiger partial charge >= 0.3 is 7.12 Å². The Morgan fingerprint density at radius 2 is 1.72 bits per heavy atom. The number of anilines is 1. The van der Waals surface area contributed by atoms with Gasteiger partial charge in [0.1, 0.15) is 0 Å². The highest BCUT2D eigenvalue weighted by atomic mass is 16.7. The lowest BCUT2D eigenvalue weighted by Crippen LogP contribution is -2.41. The fourth-order valence-electron chi connectivity index (χ4n) is 2.77. The highest BCUT2D eigenvalue weighted by Crippen LogP contribution is 2.39. The first-order valence-electron chi connectivity index (χ1n) is 8.98. The molecule has 0 atom stereocenters. The molecule has 1 aromatic rings. The minimum absolute atomic E-state index is 0.0732. The highest BCUT2D eigenvalue weighted by Gasteiger charge is 2.52. The molecule has 0 amide bonds. The van der Waals surface area contributed by atoms with E-state index in [1.165, 1.54) is 5.56 Å². The Bertz CT molecular complexity index is 644. The fraction of sp³-hybridized carbons (Fsp3) is 0.600. The molecule has 0 aromatic heterocycles. The van der Waals surface area contributed by atoms with Crippen LogP contribution in [0.15, 0.2) is 23.7 Å². The van der Waals surface area contributed by atoms with Crippen LogP contribution in [0.2, 0.25) is 0 Å². The average Bonchev–Trinajstić information content (AvgIpc) is 2.68. The third-order valence-corrected chi connectivity index (χ3v) is 5.23. The molecule has 0 bridgehead atoms. The molecule has 0 saturated carbocycles. The molecule has 4 nitrogen and oxygen atoms in total. The van der Waals surface area contributed by atoms with Crippen LogP contribution in [0.1, 0.15) is 59.6 Å². The molecule has 0 aliphatic carbocycles. The summed E-state index contributed by atoms with van der Waals surface area (Å²) >= 11 is 0. The fourth-order valence-corrected chi connectivity index (χ4v) is 2.77. The van der Waals surface area contributed by atoms with Gasteiger partial charge in [0, 0.05) is 12.2 Å². The Balaban J connectivity index is 2.42. The summed E-state index contributed by atoms with van der Waals surface area (Å²) < 4.78 is 12.4. The first-order valence-corrected chi connectivity index (χ1v) is 8.98. The Hall–Kier alpha value is -1.30. The second-order valence-corrected chi connectivity index (χ2v) is 8.93. The molecule has 0 spiro atoms. The summed E-state index contributed by atoms with van der Waals surface area (Å²) in [6, 6.07) is 6.24. The maximum Gasteiger partial charge on any atom is 0.491 e. The standard InChI is InChI=1S/C20H33BN2O2/c1-18(2,3)15-9-10-17(22)14(11-15)12-16(13-23-8)21-24-19(4,5)20(6,7)25-21/h9-12,23H,13,22H2,1-8H3. The lowest BCUT2D eigenvalue weighted by atomic mass is 9.76. The van der Waals surface area contributed by atoms with Gasteiger partial charge in [-0.3, -0.25) is 0 Å². The van der Waals surface area contributed by atoms with Gasteiger partial charge in [-0.1, -0.05) is 32.9 Å². The second-order valence-electron chi connectivity index (χ2n) is 8.93. The predicted octanol–water partition coefficient (Wildman–Crippen LogP) is 3.80. The van der Waals surface area contributed by atoms with Gasteiger partial charge in [-0.2, -0.15) is 0 Å². The summed E-state index contributed by atoms with van der Waals surface area (Å²) in [4.78, 5) is 0. The van der Waals surface area contributed by atoms with Crippen LogP contribution in [0.4, 0.5) is 5.69 Å². The summed E-state index contributed by atoms with van der Waals surface area (Å²) in [5.41, 5.74) is 9.66. The van der Waals surface area contributed by atoms with Gasteiger partial charge in [0.15, 0.2) is 0 Å². The maximum absolute atomic E-state index is 6.24. The van der Waals surface area contributed by atoms with Crippen LogP contribution < -0.4 is 11.1 Å². The molecule has 0 unspecified atom stereocenters. The number of nitrogen functional groups attached to an aromatic ring is 1. The van der Waals surface area contributed by atoms with Crippen LogP contribution in [0.25, 0.3) is 6.08 Å². The largest absolute Gasteiger partial charge is 0.491 e. The number of nitrogens with two attached hydrogens (primary N) is 1.